The van der Waals surface area contributed by atoms with E-state index in [2.05, 4.69) is 15.0 Å². The number of hydrogen-bond acceptors (Lipinski definition) is 3. The third-order valence-electron chi connectivity index (χ3n) is 1.71. The number of anilines is 1. The normalized spacial score (nSPS) is 11.1. The van der Waals surface area contributed by atoms with Gasteiger partial charge in [0.1, 0.15) is 0 Å². The molecule has 0 unspecified atom stereocenters. The summed E-state index contributed by atoms with van der Waals surface area (Å²) in [6.07, 6.45) is -4.39. The number of halogens is 4. The summed E-state index contributed by atoms with van der Waals surface area (Å²) in [4.78, 5) is 14.7. The molecule has 1 rings (SSSR count). The van der Waals surface area contributed by atoms with Gasteiger partial charge in [-0.05, 0) is 18.6 Å². The number of pyridine rings is 1. The fourth-order valence-corrected chi connectivity index (χ4v) is 1.21. The molecule has 0 spiro atoms. The first-order valence-electron chi connectivity index (χ1n) is 4.41. The lowest BCUT2D eigenvalue weighted by atomic mass is 10.2. The molecule has 0 atom stereocenters. The van der Waals surface area contributed by atoms with Crippen LogP contribution >= 0.6 is 11.6 Å². The van der Waals surface area contributed by atoms with E-state index in [1.54, 1.807) is 13.0 Å². The van der Waals surface area contributed by atoms with Crippen molar-refractivity contribution in [3.05, 3.63) is 23.0 Å². The highest BCUT2D eigenvalue weighted by Gasteiger charge is 2.29. The molecule has 1 aromatic rings. The summed E-state index contributed by atoms with van der Waals surface area (Å²) in [7, 11) is 0. The highest BCUT2D eigenvalue weighted by molar-refractivity contribution is 6.32. The Labute approximate surface area is 99.7 Å². The van der Waals surface area contributed by atoms with Crippen molar-refractivity contribution in [2.45, 2.75) is 13.1 Å². The summed E-state index contributed by atoms with van der Waals surface area (Å²) >= 11 is 5.66. The zero-order valence-corrected chi connectivity index (χ0v) is 9.39. The van der Waals surface area contributed by atoms with Crippen molar-refractivity contribution in [3.63, 3.8) is 0 Å². The van der Waals surface area contributed by atoms with E-state index in [0.29, 0.717) is 5.56 Å². The van der Waals surface area contributed by atoms with Gasteiger partial charge in [-0.2, -0.15) is 13.2 Å². The van der Waals surface area contributed by atoms with E-state index in [0.717, 1.165) is 0 Å². The van der Waals surface area contributed by atoms with E-state index in [-0.39, 0.29) is 10.8 Å². The highest BCUT2D eigenvalue weighted by Crippen LogP contribution is 2.23. The van der Waals surface area contributed by atoms with Crippen molar-refractivity contribution in [2.24, 2.45) is 0 Å². The largest absolute Gasteiger partial charge is 0.440 e. The summed E-state index contributed by atoms with van der Waals surface area (Å²) in [6, 6.07) is 1.55. The molecule has 8 heteroatoms. The minimum Gasteiger partial charge on any atom is -0.440 e. The van der Waals surface area contributed by atoms with Crippen molar-refractivity contribution in [1.82, 2.24) is 4.98 Å². The van der Waals surface area contributed by atoms with E-state index in [4.69, 9.17) is 11.6 Å². The lowest BCUT2D eigenvalue weighted by molar-refractivity contribution is -0.159. The Morgan fingerprint density at radius 3 is 2.76 bits per heavy atom. The maximum Gasteiger partial charge on any atom is 0.422 e. The Morgan fingerprint density at radius 2 is 2.24 bits per heavy atom. The number of carbonyl (C=O) groups excluding carboxylic acids is 1. The zero-order valence-electron chi connectivity index (χ0n) is 8.64. The molecule has 17 heavy (non-hydrogen) atoms. The van der Waals surface area contributed by atoms with E-state index in [9.17, 15) is 18.0 Å². The zero-order chi connectivity index (χ0) is 13.1. The van der Waals surface area contributed by atoms with E-state index in [1.807, 2.05) is 0 Å². The third-order valence-corrected chi connectivity index (χ3v) is 1.99. The number of hydrogen-bond donors (Lipinski definition) is 1. The quantitative estimate of drug-likeness (QED) is 0.838. The van der Waals surface area contributed by atoms with Crippen LogP contribution in [0.25, 0.3) is 0 Å². The van der Waals surface area contributed by atoms with Gasteiger partial charge in [-0.25, -0.2) is 9.78 Å². The average Bonchev–Trinajstić information content (AvgIpc) is 2.20. The average molecular weight is 269 g/mol. The molecule has 0 aliphatic carbocycles. The SMILES string of the molecule is Cc1ccnc(Cl)c1NC(=O)OCC(F)(F)F. The molecular formula is C9H8ClF3N2O2. The van der Waals surface area contributed by atoms with Gasteiger partial charge in [-0.15, -0.1) is 0 Å². The summed E-state index contributed by atoms with van der Waals surface area (Å²) in [5.74, 6) is 0. The summed E-state index contributed by atoms with van der Waals surface area (Å²) in [6.45, 7) is -0.0390. The third kappa shape index (κ3) is 4.48. The van der Waals surface area contributed by atoms with Crippen LogP contribution in [0.1, 0.15) is 5.56 Å². The number of amides is 1. The van der Waals surface area contributed by atoms with Crippen LogP contribution in [-0.4, -0.2) is 23.9 Å². The smallest absolute Gasteiger partial charge is 0.422 e. The van der Waals surface area contributed by atoms with Crippen LogP contribution in [0.3, 0.4) is 0 Å². The van der Waals surface area contributed by atoms with Gasteiger partial charge in [0, 0.05) is 6.20 Å². The summed E-state index contributed by atoms with van der Waals surface area (Å²) in [5, 5.41) is 2.08. The van der Waals surface area contributed by atoms with Crippen molar-refractivity contribution >= 4 is 23.4 Å². The summed E-state index contributed by atoms with van der Waals surface area (Å²) in [5.41, 5.74) is 0.690. The second-order valence-electron chi connectivity index (χ2n) is 3.11. The minimum atomic E-state index is -4.56. The monoisotopic (exact) mass is 268 g/mol. The van der Waals surface area contributed by atoms with Crippen LogP contribution in [0.4, 0.5) is 23.7 Å². The topological polar surface area (TPSA) is 51.2 Å². The minimum absolute atomic E-state index is 0.0195. The number of ether oxygens (including phenoxy) is 1. The lowest BCUT2D eigenvalue weighted by Gasteiger charge is -2.11. The number of carbonyl (C=O) groups is 1. The van der Waals surface area contributed by atoms with Crippen molar-refractivity contribution in [1.29, 1.82) is 0 Å². The van der Waals surface area contributed by atoms with Gasteiger partial charge in [0.15, 0.2) is 11.8 Å². The molecule has 0 saturated heterocycles. The number of alkyl halides is 3. The second kappa shape index (κ2) is 5.22. The molecule has 0 aromatic carbocycles. The van der Waals surface area contributed by atoms with Crippen LogP contribution in [0.5, 0.6) is 0 Å². The number of nitrogens with zero attached hydrogens (tertiary/aromatic N) is 1. The van der Waals surface area contributed by atoms with E-state index >= 15 is 0 Å². The Morgan fingerprint density at radius 1 is 1.59 bits per heavy atom. The molecule has 1 amide bonds. The number of rotatable bonds is 2. The van der Waals surface area contributed by atoms with Gasteiger partial charge in [0.05, 0.1) is 5.69 Å². The van der Waals surface area contributed by atoms with Crippen LogP contribution in [0.15, 0.2) is 12.3 Å². The molecular weight excluding hydrogens is 261 g/mol. The van der Waals surface area contributed by atoms with Crippen molar-refractivity contribution in [2.75, 3.05) is 11.9 Å². The molecule has 4 nitrogen and oxygen atoms in total. The molecule has 0 radical (unpaired) electrons. The molecule has 0 aliphatic rings. The van der Waals surface area contributed by atoms with Gasteiger partial charge in [0.2, 0.25) is 0 Å². The maximum atomic E-state index is 11.8. The number of aromatic nitrogens is 1. The van der Waals surface area contributed by atoms with Gasteiger partial charge in [0.25, 0.3) is 0 Å². The Bertz CT molecular complexity index is 403. The van der Waals surface area contributed by atoms with Crippen LogP contribution < -0.4 is 5.32 Å². The van der Waals surface area contributed by atoms with Crippen molar-refractivity contribution < 1.29 is 22.7 Å². The Kier molecular flexibility index (Phi) is 4.17. The van der Waals surface area contributed by atoms with E-state index < -0.39 is 18.9 Å². The standard InChI is InChI=1S/C9H8ClF3N2O2/c1-5-2-3-14-7(10)6(5)15-8(16)17-4-9(11,12)13/h2-3H,4H2,1H3,(H,15,16). The van der Waals surface area contributed by atoms with Crippen LogP contribution in [0.2, 0.25) is 5.15 Å². The molecule has 0 saturated carbocycles. The molecule has 1 heterocycles. The Hall–Kier alpha value is -1.50. The van der Waals surface area contributed by atoms with Crippen LogP contribution in [0, 0.1) is 6.92 Å². The molecule has 94 valence electrons. The summed E-state index contributed by atoms with van der Waals surface area (Å²) < 4.78 is 39.3. The Balaban J connectivity index is 2.63. The lowest BCUT2D eigenvalue weighted by Crippen LogP contribution is -2.23. The number of nitrogens with one attached hydrogen (secondary N) is 1. The van der Waals surface area contributed by atoms with E-state index in [1.165, 1.54) is 6.20 Å². The second-order valence-corrected chi connectivity index (χ2v) is 3.47. The molecule has 1 aromatic heterocycles. The first-order valence-corrected chi connectivity index (χ1v) is 4.79. The molecule has 0 fully saturated rings. The maximum absolute atomic E-state index is 11.8. The molecule has 0 bridgehead atoms. The van der Waals surface area contributed by atoms with Gasteiger partial charge < -0.3 is 4.74 Å². The predicted molar refractivity (Wildman–Crippen MR) is 55.0 cm³/mol. The van der Waals surface area contributed by atoms with Gasteiger partial charge >= 0.3 is 12.3 Å². The fraction of sp³-hybridized carbons (Fsp3) is 0.333. The van der Waals surface area contributed by atoms with Crippen LogP contribution in [-0.2, 0) is 4.74 Å². The molecule has 1 N–H and O–H groups in total. The van der Waals surface area contributed by atoms with Crippen molar-refractivity contribution in [3.8, 4) is 0 Å². The fourth-order valence-electron chi connectivity index (χ4n) is 0.961. The van der Waals surface area contributed by atoms with Gasteiger partial charge in [-0.1, -0.05) is 11.6 Å². The predicted octanol–water partition coefficient (Wildman–Crippen LogP) is 3.15. The molecule has 0 aliphatic heterocycles. The highest BCUT2D eigenvalue weighted by atomic mass is 35.5. The first-order chi connectivity index (χ1) is 7.79. The number of aryl methyl sites for hydroxylation is 1. The first kappa shape index (κ1) is 13.6. The van der Waals surface area contributed by atoms with Gasteiger partial charge in [-0.3, -0.25) is 5.32 Å².